The summed E-state index contributed by atoms with van der Waals surface area (Å²) in [7, 11) is 3.50. The molecule has 0 bridgehead atoms. The lowest BCUT2D eigenvalue weighted by atomic mass is 9.97. The third-order valence-corrected chi connectivity index (χ3v) is 2.68. The molecule has 0 fully saturated rings. The molecule has 1 aromatic carbocycles. The molecule has 0 atom stereocenters. The summed E-state index contributed by atoms with van der Waals surface area (Å²) in [6.07, 6.45) is 0. The van der Waals surface area contributed by atoms with Crippen LogP contribution in [-0.4, -0.2) is 32.1 Å². The van der Waals surface area contributed by atoms with Crippen LogP contribution in [0.25, 0.3) is 0 Å². The number of hydrogen-bond donors (Lipinski definition) is 3. The zero-order valence-corrected chi connectivity index (χ0v) is 9.71. The van der Waals surface area contributed by atoms with Gasteiger partial charge in [-0.05, 0) is 12.1 Å². The molecule has 4 N–H and O–H groups in total. The zero-order valence-electron chi connectivity index (χ0n) is 9.71. The maximum Gasteiger partial charge on any atom is 0.126 e. The molecule has 0 spiro atoms. The van der Waals surface area contributed by atoms with Gasteiger partial charge in [-0.2, -0.15) is 5.10 Å². The van der Waals surface area contributed by atoms with Crippen LogP contribution in [0.4, 0.5) is 15.8 Å². The average Bonchev–Trinajstić information content (AvgIpc) is 2.24. The Balaban J connectivity index is 2.61. The molecule has 90 valence electrons. The molecule has 0 aromatic heterocycles. The first-order valence-electron chi connectivity index (χ1n) is 5.17. The molecule has 1 aromatic rings. The highest BCUT2D eigenvalue weighted by Crippen LogP contribution is 2.31. The van der Waals surface area contributed by atoms with E-state index in [1.165, 1.54) is 12.1 Å². The first kappa shape index (κ1) is 11.4. The monoisotopic (exact) mass is 235 g/mol. The van der Waals surface area contributed by atoms with Crippen molar-refractivity contribution < 1.29 is 4.39 Å². The summed E-state index contributed by atoms with van der Waals surface area (Å²) >= 11 is 0. The van der Waals surface area contributed by atoms with E-state index < -0.39 is 5.82 Å². The molecule has 0 saturated carbocycles. The number of nitrogens with two attached hydrogens (primary N) is 1. The number of fused-ring (bicyclic) bond motifs is 1. The Bertz CT molecular complexity index is 509. The van der Waals surface area contributed by atoms with Crippen LogP contribution in [0.3, 0.4) is 0 Å². The Labute approximate surface area is 98.6 Å². The number of benzene rings is 1. The number of nitrogen functional groups attached to an aromatic ring is 1. The molecule has 1 aliphatic rings. The molecule has 1 heterocycles. The van der Waals surface area contributed by atoms with Gasteiger partial charge in [-0.1, -0.05) is 0 Å². The molecule has 0 unspecified atom stereocenters. The molecule has 0 radical (unpaired) electrons. The van der Waals surface area contributed by atoms with E-state index in [1.807, 2.05) is 11.9 Å². The number of halogens is 1. The summed E-state index contributed by atoms with van der Waals surface area (Å²) in [5.74, 6) is -0.440. The van der Waals surface area contributed by atoms with E-state index in [1.54, 1.807) is 7.05 Å². The third kappa shape index (κ3) is 1.82. The fraction of sp³-hybridized carbons (Fsp3) is 0.273. The first-order valence-corrected chi connectivity index (χ1v) is 5.17. The number of nitrogens with zero attached hydrogens (tertiary/aromatic N) is 2. The van der Waals surface area contributed by atoms with Crippen LogP contribution in [-0.2, 0) is 0 Å². The molecule has 17 heavy (non-hydrogen) atoms. The van der Waals surface area contributed by atoms with Crippen molar-refractivity contribution in [1.29, 1.82) is 5.41 Å². The van der Waals surface area contributed by atoms with Gasteiger partial charge < -0.3 is 16.1 Å². The molecule has 6 heteroatoms. The number of rotatable bonds is 1. The fourth-order valence-electron chi connectivity index (χ4n) is 2.00. The predicted octanol–water partition coefficient (Wildman–Crippen LogP) is 0.801. The van der Waals surface area contributed by atoms with E-state index >= 15 is 0 Å². The minimum atomic E-state index is -0.440. The van der Waals surface area contributed by atoms with Gasteiger partial charge in [-0.3, -0.25) is 5.41 Å². The van der Waals surface area contributed by atoms with Crippen LogP contribution < -0.4 is 16.1 Å². The fourth-order valence-corrected chi connectivity index (χ4v) is 2.00. The standard InChI is InChI=1S/C11H14FN5/c1-15-16-9-5-17(2)11-7(10(9)14)3-6(12)4-8(11)13/h3-4,14-15H,5,13H2,1-2H3/b14-10?,16-9-. The molecule has 0 amide bonds. The van der Waals surface area contributed by atoms with Crippen molar-refractivity contribution in [2.24, 2.45) is 5.10 Å². The Morgan fingerprint density at radius 3 is 2.88 bits per heavy atom. The lowest BCUT2D eigenvalue weighted by Crippen LogP contribution is -2.38. The molecule has 5 nitrogen and oxygen atoms in total. The topological polar surface area (TPSA) is 77.5 Å². The molecule has 0 aliphatic carbocycles. The van der Waals surface area contributed by atoms with Crippen molar-refractivity contribution >= 4 is 22.8 Å². The second kappa shape index (κ2) is 4.04. The maximum absolute atomic E-state index is 13.3. The summed E-state index contributed by atoms with van der Waals surface area (Å²) in [5, 5.41) is 12.0. The second-order valence-electron chi connectivity index (χ2n) is 3.90. The van der Waals surface area contributed by atoms with Crippen LogP contribution >= 0.6 is 0 Å². The van der Waals surface area contributed by atoms with Crippen molar-refractivity contribution in [3.63, 3.8) is 0 Å². The van der Waals surface area contributed by atoms with E-state index in [4.69, 9.17) is 11.1 Å². The van der Waals surface area contributed by atoms with Gasteiger partial charge in [0.15, 0.2) is 0 Å². The Morgan fingerprint density at radius 1 is 1.53 bits per heavy atom. The van der Waals surface area contributed by atoms with E-state index in [2.05, 4.69) is 10.5 Å². The highest BCUT2D eigenvalue weighted by Gasteiger charge is 2.26. The van der Waals surface area contributed by atoms with Gasteiger partial charge in [0.2, 0.25) is 0 Å². The Morgan fingerprint density at radius 2 is 2.24 bits per heavy atom. The molecule has 0 saturated heterocycles. The predicted molar refractivity (Wildman–Crippen MR) is 67.4 cm³/mol. The summed E-state index contributed by atoms with van der Waals surface area (Å²) < 4.78 is 13.3. The lowest BCUT2D eigenvalue weighted by molar-refractivity contribution is 0.628. The lowest BCUT2D eigenvalue weighted by Gasteiger charge is -2.30. The summed E-state index contributed by atoms with van der Waals surface area (Å²) in [6.45, 7) is 0.475. The van der Waals surface area contributed by atoms with Crippen LogP contribution in [0.15, 0.2) is 17.2 Å². The van der Waals surface area contributed by atoms with E-state index in [-0.39, 0.29) is 5.71 Å². The van der Waals surface area contributed by atoms with Crippen LogP contribution in [0, 0.1) is 11.2 Å². The molecular formula is C11H14FN5. The maximum atomic E-state index is 13.3. The minimum absolute atomic E-state index is 0.207. The Kier molecular flexibility index (Phi) is 2.71. The van der Waals surface area contributed by atoms with Crippen molar-refractivity contribution in [2.45, 2.75) is 0 Å². The molecule has 2 rings (SSSR count). The van der Waals surface area contributed by atoms with E-state index in [0.29, 0.717) is 29.2 Å². The van der Waals surface area contributed by atoms with Crippen LogP contribution in [0.5, 0.6) is 0 Å². The summed E-state index contributed by atoms with van der Waals surface area (Å²) in [5.41, 5.74) is 10.7. The van der Waals surface area contributed by atoms with Gasteiger partial charge in [0.05, 0.1) is 23.6 Å². The smallest absolute Gasteiger partial charge is 0.126 e. The van der Waals surface area contributed by atoms with Gasteiger partial charge in [0, 0.05) is 19.7 Å². The minimum Gasteiger partial charge on any atom is -0.397 e. The van der Waals surface area contributed by atoms with E-state index in [0.717, 1.165) is 0 Å². The van der Waals surface area contributed by atoms with Gasteiger partial charge in [-0.25, -0.2) is 4.39 Å². The van der Waals surface area contributed by atoms with Crippen LogP contribution in [0.2, 0.25) is 0 Å². The highest BCUT2D eigenvalue weighted by molar-refractivity contribution is 6.50. The van der Waals surface area contributed by atoms with Gasteiger partial charge in [-0.15, -0.1) is 0 Å². The molecular weight excluding hydrogens is 221 g/mol. The summed E-state index contributed by atoms with van der Waals surface area (Å²) in [4.78, 5) is 1.86. The third-order valence-electron chi connectivity index (χ3n) is 2.68. The van der Waals surface area contributed by atoms with Crippen LogP contribution in [0.1, 0.15) is 5.56 Å². The van der Waals surface area contributed by atoms with Crippen molar-refractivity contribution in [3.05, 3.63) is 23.5 Å². The number of nitrogens with one attached hydrogen (secondary N) is 2. The molecule has 1 aliphatic heterocycles. The summed E-state index contributed by atoms with van der Waals surface area (Å²) in [6, 6.07) is 2.58. The Hall–Kier alpha value is -2.11. The first-order chi connectivity index (χ1) is 8.04. The van der Waals surface area contributed by atoms with E-state index in [9.17, 15) is 4.39 Å². The number of anilines is 2. The normalized spacial score (nSPS) is 17.2. The SMILES string of the molecule is CN/N=C1/CN(C)c2c(N)cc(F)cc2C1=N. The van der Waals surface area contributed by atoms with Crippen molar-refractivity contribution in [3.8, 4) is 0 Å². The van der Waals surface area contributed by atoms with Gasteiger partial charge >= 0.3 is 0 Å². The quantitative estimate of drug-likeness (QED) is 0.497. The second-order valence-corrected chi connectivity index (χ2v) is 3.90. The van der Waals surface area contributed by atoms with Gasteiger partial charge in [0.25, 0.3) is 0 Å². The van der Waals surface area contributed by atoms with Gasteiger partial charge in [0.1, 0.15) is 11.5 Å². The number of hydrazone groups is 1. The number of hydrogen-bond acceptors (Lipinski definition) is 5. The average molecular weight is 235 g/mol. The van der Waals surface area contributed by atoms with Crippen molar-refractivity contribution in [1.82, 2.24) is 5.43 Å². The van der Waals surface area contributed by atoms with Crippen molar-refractivity contribution in [2.75, 3.05) is 31.3 Å². The zero-order chi connectivity index (χ0) is 12.6. The highest BCUT2D eigenvalue weighted by atomic mass is 19.1. The largest absolute Gasteiger partial charge is 0.397 e.